The number of esters is 1. The summed E-state index contributed by atoms with van der Waals surface area (Å²) in [6.07, 6.45) is 3.96. The van der Waals surface area contributed by atoms with Crippen LogP contribution in [0.4, 0.5) is 0 Å². The molecule has 2 aliphatic heterocycles. The van der Waals surface area contributed by atoms with Crippen molar-refractivity contribution < 1.29 is 19.0 Å². The molecule has 0 saturated heterocycles. The molecule has 0 aliphatic carbocycles. The number of thiazole rings is 1. The Balaban J connectivity index is 1.38. The van der Waals surface area contributed by atoms with Crippen LogP contribution in [0.2, 0.25) is 5.02 Å². The largest absolute Gasteiger partial charge is 0.463 e. The summed E-state index contributed by atoms with van der Waals surface area (Å²) in [6.45, 7) is 4.50. The summed E-state index contributed by atoms with van der Waals surface area (Å²) >= 11 is 7.39. The predicted octanol–water partition coefficient (Wildman–Crippen LogP) is 5.18. The van der Waals surface area contributed by atoms with Gasteiger partial charge in [0.05, 0.1) is 28.5 Å². The lowest BCUT2D eigenvalue weighted by atomic mass is 9.95. The molecule has 3 aromatic carbocycles. The average Bonchev–Trinajstić information content (AvgIpc) is 3.69. The van der Waals surface area contributed by atoms with Crippen LogP contribution in [0.3, 0.4) is 0 Å². The molecule has 1 atom stereocenters. The van der Waals surface area contributed by atoms with Crippen LogP contribution in [0.25, 0.3) is 17.0 Å². The number of ether oxygens (including phenoxy) is 3. The second-order valence-corrected chi connectivity index (χ2v) is 11.7. The Bertz CT molecular complexity index is 2120. The Labute approximate surface area is 255 Å². The molecule has 0 saturated carbocycles. The molecule has 10 heteroatoms. The number of hydrogen-bond donors (Lipinski definition) is 0. The van der Waals surface area contributed by atoms with Crippen LogP contribution in [0, 0.1) is 0 Å². The smallest absolute Gasteiger partial charge is 0.338 e. The fourth-order valence-corrected chi connectivity index (χ4v) is 6.80. The first kappa shape index (κ1) is 27.2. The topological polar surface area (TPSA) is 84.1 Å². The van der Waals surface area contributed by atoms with Crippen LogP contribution in [-0.4, -0.2) is 28.5 Å². The number of aromatic nitrogens is 2. The minimum atomic E-state index is -0.738. The Kier molecular flexibility index (Phi) is 6.91. The summed E-state index contributed by atoms with van der Waals surface area (Å²) in [7, 11) is 0. The van der Waals surface area contributed by atoms with Crippen molar-refractivity contribution in [2.45, 2.75) is 26.4 Å². The van der Waals surface area contributed by atoms with E-state index >= 15 is 0 Å². The molecule has 4 heterocycles. The van der Waals surface area contributed by atoms with Crippen LogP contribution in [0.5, 0.6) is 11.5 Å². The van der Waals surface area contributed by atoms with E-state index < -0.39 is 12.0 Å². The van der Waals surface area contributed by atoms with E-state index in [1.54, 1.807) is 24.5 Å². The molecule has 5 aromatic rings. The van der Waals surface area contributed by atoms with Crippen molar-refractivity contribution in [3.8, 4) is 11.5 Å². The second-order valence-electron chi connectivity index (χ2n) is 10.3. The standard InChI is InChI=1S/C33H26ClN3O5S/c1-3-40-32(39)29-19(2)35-33-37(30(29)21-10-13-26-27(14-21)42-18-41-26)31(38)28(43-33)15-22-17-36(25-7-5-4-6-24(22)25)16-20-8-11-23(34)12-9-20/h4-15,17,30H,3,16,18H2,1-2H3/b28-15+/t30-/m1/s1. The third-order valence-corrected chi connectivity index (χ3v) is 8.84. The average molecular weight is 612 g/mol. The molecule has 216 valence electrons. The van der Waals surface area contributed by atoms with Crippen LogP contribution < -0.4 is 24.4 Å². The van der Waals surface area contributed by atoms with Gasteiger partial charge in [0, 0.05) is 34.2 Å². The molecule has 0 amide bonds. The molecule has 0 N–H and O–H groups in total. The van der Waals surface area contributed by atoms with Gasteiger partial charge in [0.15, 0.2) is 16.3 Å². The van der Waals surface area contributed by atoms with Gasteiger partial charge in [-0.15, -0.1) is 0 Å². The van der Waals surface area contributed by atoms with E-state index in [-0.39, 0.29) is 19.0 Å². The molecular formula is C33H26ClN3O5S. The van der Waals surface area contributed by atoms with Crippen molar-refractivity contribution in [3.63, 3.8) is 0 Å². The summed E-state index contributed by atoms with van der Waals surface area (Å²) in [4.78, 5) is 32.6. The molecule has 0 spiro atoms. The minimum absolute atomic E-state index is 0.118. The van der Waals surface area contributed by atoms with Crippen LogP contribution in [-0.2, 0) is 16.1 Å². The van der Waals surface area contributed by atoms with E-state index in [1.807, 2.05) is 54.6 Å². The number of halogens is 1. The summed E-state index contributed by atoms with van der Waals surface area (Å²) in [5, 5.41) is 1.72. The van der Waals surface area contributed by atoms with Gasteiger partial charge in [-0.1, -0.05) is 59.3 Å². The lowest BCUT2D eigenvalue weighted by Gasteiger charge is -2.24. The number of fused-ring (bicyclic) bond motifs is 3. The van der Waals surface area contributed by atoms with Crippen molar-refractivity contribution in [1.29, 1.82) is 0 Å². The molecule has 2 aliphatic rings. The zero-order valence-electron chi connectivity index (χ0n) is 23.4. The number of carbonyl (C=O) groups is 1. The monoisotopic (exact) mass is 611 g/mol. The van der Waals surface area contributed by atoms with Gasteiger partial charge in [0.2, 0.25) is 6.79 Å². The van der Waals surface area contributed by atoms with E-state index in [0.717, 1.165) is 22.0 Å². The van der Waals surface area contributed by atoms with E-state index in [9.17, 15) is 9.59 Å². The number of nitrogens with zero attached hydrogens (tertiary/aromatic N) is 3. The SMILES string of the molecule is CCOC(=O)C1=C(C)N=c2s/c(=C/c3cn(Cc4ccc(Cl)cc4)c4ccccc34)c(=O)n2[C@@H]1c1ccc2c(c1)OCO2. The number of hydrogen-bond acceptors (Lipinski definition) is 7. The highest BCUT2D eigenvalue weighted by atomic mass is 35.5. The van der Waals surface area contributed by atoms with Crippen LogP contribution in [0.1, 0.15) is 36.6 Å². The van der Waals surface area contributed by atoms with E-state index in [0.29, 0.717) is 49.2 Å². The maximum atomic E-state index is 14.2. The minimum Gasteiger partial charge on any atom is -0.463 e. The van der Waals surface area contributed by atoms with Crippen molar-refractivity contribution >= 4 is 45.9 Å². The summed E-state index contributed by atoms with van der Waals surface area (Å²) in [5.74, 6) is 0.668. The molecule has 0 unspecified atom stereocenters. The zero-order chi connectivity index (χ0) is 29.7. The van der Waals surface area contributed by atoms with Crippen molar-refractivity contribution in [3.05, 3.63) is 126 Å². The first-order chi connectivity index (χ1) is 20.9. The summed E-state index contributed by atoms with van der Waals surface area (Å²) < 4.78 is 20.8. The quantitative estimate of drug-likeness (QED) is 0.247. The second kappa shape index (κ2) is 10.9. The molecule has 0 radical (unpaired) electrons. The Hall–Kier alpha value is -4.60. The molecular weight excluding hydrogens is 586 g/mol. The summed E-state index contributed by atoms with van der Waals surface area (Å²) in [6, 6.07) is 20.6. The molecule has 8 nitrogen and oxygen atoms in total. The fourth-order valence-electron chi connectivity index (χ4n) is 5.64. The lowest BCUT2D eigenvalue weighted by Crippen LogP contribution is -2.39. The van der Waals surface area contributed by atoms with Crippen molar-refractivity contribution in [1.82, 2.24) is 9.13 Å². The maximum Gasteiger partial charge on any atom is 0.338 e. The maximum absolute atomic E-state index is 14.2. The van der Waals surface area contributed by atoms with Gasteiger partial charge in [-0.2, -0.15) is 0 Å². The zero-order valence-corrected chi connectivity index (χ0v) is 24.9. The third kappa shape index (κ3) is 4.84. The number of carbonyl (C=O) groups excluding carboxylic acids is 1. The lowest BCUT2D eigenvalue weighted by molar-refractivity contribution is -0.139. The van der Waals surface area contributed by atoms with Crippen LogP contribution in [0.15, 0.2) is 94.0 Å². The molecule has 43 heavy (non-hydrogen) atoms. The van der Waals surface area contributed by atoms with Gasteiger partial charge in [0.25, 0.3) is 5.56 Å². The van der Waals surface area contributed by atoms with E-state index in [1.165, 1.54) is 11.3 Å². The van der Waals surface area contributed by atoms with Crippen LogP contribution >= 0.6 is 22.9 Å². The Morgan fingerprint density at radius 2 is 1.91 bits per heavy atom. The van der Waals surface area contributed by atoms with Crippen molar-refractivity contribution in [2.24, 2.45) is 4.99 Å². The van der Waals surface area contributed by atoms with Gasteiger partial charge in [0.1, 0.15) is 0 Å². The normalized spacial score (nSPS) is 16.0. The highest BCUT2D eigenvalue weighted by molar-refractivity contribution is 7.07. The first-order valence-electron chi connectivity index (χ1n) is 13.8. The van der Waals surface area contributed by atoms with E-state index in [4.69, 9.17) is 30.8 Å². The predicted molar refractivity (Wildman–Crippen MR) is 165 cm³/mol. The van der Waals surface area contributed by atoms with Gasteiger partial charge in [-0.25, -0.2) is 9.79 Å². The molecule has 0 bridgehead atoms. The number of rotatable bonds is 6. The first-order valence-corrected chi connectivity index (χ1v) is 15.0. The Morgan fingerprint density at radius 1 is 1.12 bits per heavy atom. The van der Waals surface area contributed by atoms with Crippen molar-refractivity contribution in [2.75, 3.05) is 13.4 Å². The summed E-state index contributed by atoms with van der Waals surface area (Å²) in [5.41, 5.74) is 4.37. The number of allylic oxidation sites excluding steroid dienone is 1. The van der Waals surface area contributed by atoms with Gasteiger partial charge < -0.3 is 18.8 Å². The van der Waals surface area contributed by atoms with Gasteiger partial charge in [-0.3, -0.25) is 9.36 Å². The fraction of sp³-hybridized carbons (Fsp3) is 0.182. The van der Waals surface area contributed by atoms with Gasteiger partial charge in [-0.05, 0) is 61.4 Å². The highest BCUT2D eigenvalue weighted by Gasteiger charge is 2.34. The highest BCUT2D eigenvalue weighted by Crippen LogP contribution is 2.38. The Morgan fingerprint density at radius 3 is 2.72 bits per heavy atom. The number of benzene rings is 3. The third-order valence-electron chi connectivity index (χ3n) is 7.60. The molecule has 0 fully saturated rings. The van der Waals surface area contributed by atoms with E-state index in [2.05, 4.69) is 22.9 Å². The molecule has 7 rings (SSSR count). The molecule has 2 aromatic heterocycles. The number of para-hydroxylation sites is 1. The van der Waals surface area contributed by atoms with Gasteiger partial charge >= 0.3 is 5.97 Å².